The zero-order chi connectivity index (χ0) is 23.3. The molecule has 3 rings (SSSR count). The number of aliphatic imine (C=N–C) groups is 1. The molecular weight excluding hydrogens is 496 g/mol. The van der Waals surface area contributed by atoms with Crippen LogP contribution in [0.25, 0.3) is 6.08 Å². The first kappa shape index (κ1) is 23.9. The van der Waals surface area contributed by atoms with Gasteiger partial charge in [0, 0.05) is 7.05 Å². The molecular formula is C23H23BrN2O5S. The second kappa shape index (κ2) is 10.7. The Kier molecular flexibility index (Phi) is 7.98. The van der Waals surface area contributed by atoms with Crippen molar-refractivity contribution < 1.29 is 23.8 Å². The van der Waals surface area contributed by atoms with Gasteiger partial charge in [-0.25, -0.2) is 9.79 Å². The maximum Gasteiger partial charge on any atom is 0.338 e. The number of hydrogen-bond acceptors (Lipinski definition) is 7. The molecule has 0 radical (unpaired) electrons. The lowest BCUT2D eigenvalue weighted by molar-refractivity contribution is -0.121. The highest BCUT2D eigenvalue weighted by Crippen LogP contribution is 2.39. The summed E-state index contributed by atoms with van der Waals surface area (Å²) >= 11 is 4.77. The first-order valence-corrected chi connectivity index (χ1v) is 11.5. The van der Waals surface area contributed by atoms with Gasteiger partial charge in [0.15, 0.2) is 16.7 Å². The van der Waals surface area contributed by atoms with Gasteiger partial charge in [-0.3, -0.25) is 9.69 Å². The number of carbonyl (C=O) groups is 2. The highest BCUT2D eigenvalue weighted by Gasteiger charge is 2.30. The molecule has 1 amide bonds. The highest BCUT2D eigenvalue weighted by atomic mass is 79.9. The molecule has 2 aromatic carbocycles. The number of thioether (sulfide) groups is 1. The number of amides is 1. The van der Waals surface area contributed by atoms with Crippen LogP contribution in [0.3, 0.4) is 0 Å². The van der Waals surface area contributed by atoms with Gasteiger partial charge in [-0.15, -0.1) is 0 Å². The number of nitrogens with zero attached hydrogens (tertiary/aromatic N) is 2. The van der Waals surface area contributed by atoms with Gasteiger partial charge < -0.3 is 14.2 Å². The third kappa shape index (κ3) is 5.34. The van der Waals surface area contributed by atoms with Gasteiger partial charge in [0.2, 0.25) is 0 Å². The summed E-state index contributed by atoms with van der Waals surface area (Å²) in [4.78, 5) is 31.2. The molecule has 0 atom stereocenters. The summed E-state index contributed by atoms with van der Waals surface area (Å²) in [5.74, 6) is 0.666. The van der Waals surface area contributed by atoms with Crippen LogP contribution in [0.5, 0.6) is 11.5 Å². The summed E-state index contributed by atoms with van der Waals surface area (Å²) in [5, 5.41) is 0.544. The van der Waals surface area contributed by atoms with Crippen molar-refractivity contribution in [2.75, 3.05) is 27.4 Å². The van der Waals surface area contributed by atoms with E-state index in [1.807, 2.05) is 19.1 Å². The predicted octanol–water partition coefficient (Wildman–Crippen LogP) is 5.27. The minimum atomic E-state index is -0.378. The first-order chi connectivity index (χ1) is 15.4. The molecule has 1 saturated heterocycles. The average molecular weight is 519 g/mol. The predicted molar refractivity (Wildman–Crippen MR) is 130 cm³/mol. The molecule has 0 bridgehead atoms. The minimum Gasteiger partial charge on any atom is -0.492 e. The molecule has 1 fully saturated rings. The van der Waals surface area contributed by atoms with Crippen molar-refractivity contribution in [3.8, 4) is 11.5 Å². The van der Waals surface area contributed by atoms with Crippen molar-refractivity contribution in [1.29, 1.82) is 0 Å². The summed E-state index contributed by atoms with van der Waals surface area (Å²) in [6.45, 7) is 4.46. The lowest BCUT2D eigenvalue weighted by Gasteiger charge is -2.12. The van der Waals surface area contributed by atoms with E-state index >= 15 is 0 Å². The molecule has 0 aromatic heterocycles. The Morgan fingerprint density at radius 2 is 1.91 bits per heavy atom. The number of likely N-dealkylation sites (N-methyl/N-ethyl adjacent to an activating group) is 1. The monoisotopic (exact) mass is 518 g/mol. The molecule has 0 N–H and O–H groups in total. The molecule has 0 saturated carbocycles. The van der Waals surface area contributed by atoms with E-state index in [0.29, 0.717) is 46.0 Å². The van der Waals surface area contributed by atoms with E-state index in [1.54, 1.807) is 51.4 Å². The topological polar surface area (TPSA) is 77.4 Å². The maximum atomic E-state index is 12.8. The number of methoxy groups -OCH3 is 1. The Hall–Kier alpha value is -2.78. The lowest BCUT2D eigenvalue weighted by atomic mass is 10.2. The van der Waals surface area contributed by atoms with Gasteiger partial charge in [-0.2, -0.15) is 0 Å². The number of rotatable bonds is 7. The standard InChI is InChI=1S/C23H23BrN2O5S/c1-5-30-18-12-14(11-17(24)20(18)29-4)13-19-21(27)26(3)23(32-19)25-16-9-7-15(8-10-16)22(28)31-6-2/h7-13H,5-6H2,1-4H3/b19-13-,25-23?. The van der Waals surface area contributed by atoms with Crippen molar-refractivity contribution in [3.05, 3.63) is 56.9 Å². The number of amidine groups is 1. The fourth-order valence-electron chi connectivity index (χ4n) is 2.93. The zero-order valence-corrected chi connectivity index (χ0v) is 20.6. The molecule has 2 aromatic rings. The molecule has 0 aliphatic carbocycles. The maximum absolute atomic E-state index is 12.8. The largest absolute Gasteiger partial charge is 0.492 e. The number of ether oxygens (including phenoxy) is 3. The fourth-order valence-corrected chi connectivity index (χ4v) is 4.54. The Bertz CT molecular complexity index is 1080. The Balaban J connectivity index is 1.85. The summed E-state index contributed by atoms with van der Waals surface area (Å²) in [6, 6.07) is 10.4. The molecule has 0 unspecified atom stereocenters. The minimum absolute atomic E-state index is 0.151. The van der Waals surface area contributed by atoms with Crippen LogP contribution in [0.2, 0.25) is 0 Å². The third-order valence-electron chi connectivity index (χ3n) is 4.44. The summed E-state index contributed by atoms with van der Waals surface area (Å²) in [7, 11) is 3.26. The van der Waals surface area contributed by atoms with E-state index in [-0.39, 0.29) is 11.9 Å². The summed E-state index contributed by atoms with van der Waals surface area (Å²) in [6.07, 6.45) is 1.79. The van der Waals surface area contributed by atoms with Gasteiger partial charge in [0.1, 0.15) is 0 Å². The number of halogens is 1. The van der Waals surface area contributed by atoms with Crippen LogP contribution in [0.1, 0.15) is 29.8 Å². The van der Waals surface area contributed by atoms with E-state index < -0.39 is 0 Å². The summed E-state index contributed by atoms with van der Waals surface area (Å²) < 4.78 is 16.8. The van der Waals surface area contributed by atoms with Crippen molar-refractivity contribution in [2.24, 2.45) is 4.99 Å². The van der Waals surface area contributed by atoms with Crippen molar-refractivity contribution >= 4 is 56.5 Å². The van der Waals surface area contributed by atoms with Gasteiger partial charge in [-0.1, -0.05) is 0 Å². The number of hydrogen-bond donors (Lipinski definition) is 0. The van der Waals surface area contributed by atoms with Gasteiger partial charge in [0.05, 0.1) is 41.0 Å². The lowest BCUT2D eigenvalue weighted by Crippen LogP contribution is -2.23. The second-order valence-corrected chi connectivity index (χ2v) is 8.47. The first-order valence-electron chi connectivity index (χ1n) is 9.91. The van der Waals surface area contributed by atoms with Crippen LogP contribution >= 0.6 is 27.7 Å². The van der Waals surface area contributed by atoms with E-state index in [1.165, 1.54) is 16.7 Å². The van der Waals surface area contributed by atoms with Gasteiger partial charge in [-0.05, 0) is 89.6 Å². The molecule has 168 valence electrons. The van der Waals surface area contributed by atoms with E-state index in [4.69, 9.17) is 14.2 Å². The van der Waals surface area contributed by atoms with Crippen LogP contribution in [0.4, 0.5) is 5.69 Å². The van der Waals surface area contributed by atoms with Crippen LogP contribution in [0.15, 0.2) is 50.8 Å². The highest BCUT2D eigenvalue weighted by molar-refractivity contribution is 9.10. The number of benzene rings is 2. The van der Waals surface area contributed by atoms with E-state index in [9.17, 15) is 9.59 Å². The quantitative estimate of drug-likeness (QED) is 0.367. The van der Waals surface area contributed by atoms with Crippen LogP contribution in [0, 0.1) is 0 Å². The Morgan fingerprint density at radius 3 is 2.53 bits per heavy atom. The zero-order valence-electron chi connectivity index (χ0n) is 18.2. The molecule has 1 heterocycles. The van der Waals surface area contributed by atoms with Gasteiger partial charge in [0.25, 0.3) is 5.91 Å². The molecule has 0 spiro atoms. The number of carbonyl (C=O) groups excluding carboxylic acids is 2. The molecule has 7 nitrogen and oxygen atoms in total. The smallest absolute Gasteiger partial charge is 0.338 e. The van der Waals surface area contributed by atoms with Crippen LogP contribution < -0.4 is 9.47 Å². The van der Waals surface area contributed by atoms with Crippen molar-refractivity contribution in [3.63, 3.8) is 0 Å². The Morgan fingerprint density at radius 1 is 1.19 bits per heavy atom. The van der Waals surface area contributed by atoms with Crippen LogP contribution in [-0.2, 0) is 9.53 Å². The third-order valence-corrected chi connectivity index (χ3v) is 6.09. The molecule has 1 aliphatic heterocycles. The number of esters is 1. The molecule has 9 heteroatoms. The van der Waals surface area contributed by atoms with E-state index in [0.717, 1.165) is 10.0 Å². The fraction of sp³-hybridized carbons (Fsp3) is 0.261. The average Bonchev–Trinajstić information content (AvgIpc) is 3.02. The summed E-state index contributed by atoms with van der Waals surface area (Å²) in [5.41, 5.74) is 1.88. The van der Waals surface area contributed by atoms with Gasteiger partial charge >= 0.3 is 5.97 Å². The SMILES string of the molecule is CCOC(=O)c1ccc(N=C2S/C(=C\c3cc(Br)c(OC)c(OCC)c3)C(=O)N2C)cc1. The van der Waals surface area contributed by atoms with Crippen LogP contribution in [-0.4, -0.2) is 49.3 Å². The second-order valence-electron chi connectivity index (χ2n) is 6.60. The van der Waals surface area contributed by atoms with Crippen molar-refractivity contribution in [2.45, 2.75) is 13.8 Å². The normalized spacial score (nSPS) is 16.0. The molecule has 1 aliphatic rings. The molecule has 32 heavy (non-hydrogen) atoms. The van der Waals surface area contributed by atoms with E-state index in [2.05, 4.69) is 20.9 Å². The Labute approximate surface area is 199 Å². The van der Waals surface area contributed by atoms with Crippen molar-refractivity contribution in [1.82, 2.24) is 4.90 Å².